The highest BCUT2D eigenvalue weighted by atomic mass is 16.5. The second kappa shape index (κ2) is 7.75. The Balaban J connectivity index is 1.66. The van der Waals surface area contributed by atoms with Gasteiger partial charge in [0.1, 0.15) is 11.6 Å². The second-order valence-corrected chi connectivity index (χ2v) is 7.97. The first-order valence-corrected chi connectivity index (χ1v) is 10.1. The van der Waals surface area contributed by atoms with E-state index in [9.17, 15) is 4.79 Å². The summed E-state index contributed by atoms with van der Waals surface area (Å²) in [6, 6.07) is 8.15. The fraction of sp³-hybridized carbons (Fsp3) is 0.545. The van der Waals surface area contributed by atoms with Crippen molar-refractivity contribution < 1.29 is 9.53 Å². The Morgan fingerprint density at radius 2 is 1.96 bits per heavy atom. The van der Waals surface area contributed by atoms with Gasteiger partial charge in [-0.2, -0.15) is 0 Å². The van der Waals surface area contributed by atoms with E-state index in [1.165, 1.54) is 12.1 Å². The van der Waals surface area contributed by atoms with E-state index in [-0.39, 0.29) is 11.8 Å². The van der Waals surface area contributed by atoms with Crippen LogP contribution in [0, 0.1) is 5.92 Å². The third-order valence-electron chi connectivity index (χ3n) is 6.06. The molecule has 1 amide bonds. The highest BCUT2D eigenvalue weighted by Crippen LogP contribution is 2.33. The van der Waals surface area contributed by atoms with Crippen molar-refractivity contribution in [2.75, 3.05) is 20.2 Å². The van der Waals surface area contributed by atoms with Crippen LogP contribution in [0.5, 0.6) is 5.75 Å². The molecule has 0 bridgehead atoms. The molecule has 5 heteroatoms. The van der Waals surface area contributed by atoms with Crippen molar-refractivity contribution in [3.8, 4) is 5.75 Å². The Hall–Kier alpha value is -2.30. The number of carbonyl (C=O) groups excluding carboxylic acids is 1. The number of fused-ring (bicyclic) bond motifs is 1. The SMILES string of the molecule is COc1ccc([C@H](CC(=O)N2CCCC2)c2cnc3n2CC[C@H](C)C3)cc1. The van der Waals surface area contributed by atoms with Crippen LogP contribution in [0.1, 0.15) is 55.6 Å². The Labute approximate surface area is 161 Å². The number of hydrogen-bond acceptors (Lipinski definition) is 3. The van der Waals surface area contributed by atoms with E-state index in [1.54, 1.807) is 7.11 Å². The van der Waals surface area contributed by atoms with E-state index < -0.39 is 0 Å². The first kappa shape index (κ1) is 18.1. The molecule has 144 valence electrons. The molecule has 1 aromatic heterocycles. The van der Waals surface area contributed by atoms with Crippen LogP contribution in [0.3, 0.4) is 0 Å². The van der Waals surface area contributed by atoms with Gasteiger partial charge in [-0.05, 0) is 42.9 Å². The van der Waals surface area contributed by atoms with Crippen LogP contribution in [0.15, 0.2) is 30.5 Å². The van der Waals surface area contributed by atoms with Gasteiger partial charge >= 0.3 is 0 Å². The molecule has 1 saturated heterocycles. The lowest BCUT2D eigenvalue weighted by Crippen LogP contribution is -2.30. The average Bonchev–Trinajstić information content (AvgIpc) is 3.36. The molecule has 0 saturated carbocycles. The van der Waals surface area contributed by atoms with Crippen LogP contribution in [0.2, 0.25) is 0 Å². The molecule has 3 heterocycles. The molecule has 0 N–H and O–H groups in total. The molecule has 2 aliphatic rings. The van der Waals surface area contributed by atoms with Crippen LogP contribution in [-0.4, -0.2) is 40.6 Å². The number of nitrogens with zero attached hydrogens (tertiary/aromatic N) is 3. The fourth-order valence-electron chi connectivity index (χ4n) is 4.39. The minimum absolute atomic E-state index is 0.0404. The summed E-state index contributed by atoms with van der Waals surface area (Å²) >= 11 is 0. The standard InChI is InChI=1S/C22H29N3O2/c1-16-9-12-25-20(15-23-21(25)13-16)19(14-22(26)24-10-3-4-11-24)17-5-7-18(27-2)8-6-17/h5-8,15-16,19H,3-4,9-14H2,1-2H3/t16-,19-/m0/s1. The zero-order valence-electron chi connectivity index (χ0n) is 16.4. The zero-order chi connectivity index (χ0) is 18.8. The number of rotatable bonds is 5. The van der Waals surface area contributed by atoms with Gasteiger partial charge in [0.25, 0.3) is 0 Å². The van der Waals surface area contributed by atoms with Gasteiger partial charge in [0.2, 0.25) is 5.91 Å². The Bertz CT molecular complexity index is 790. The van der Waals surface area contributed by atoms with Gasteiger partial charge in [-0.1, -0.05) is 19.1 Å². The monoisotopic (exact) mass is 367 g/mol. The summed E-state index contributed by atoms with van der Waals surface area (Å²) < 4.78 is 7.66. The van der Waals surface area contributed by atoms with Gasteiger partial charge in [-0.15, -0.1) is 0 Å². The van der Waals surface area contributed by atoms with Crippen molar-refractivity contribution in [2.24, 2.45) is 5.92 Å². The van der Waals surface area contributed by atoms with Crippen molar-refractivity contribution in [3.63, 3.8) is 0 Å². The number of hydrogen-bond donors (Lipinski definition) is 0. The Kier molecular flexibility index (Phi) is 5.19. The van der Waals surface area contributed by atoms with Gasteiger partial charge in [0, 0.05) is 50.3 Å². The smallest absolute Gasteiger partial charge is 0.223 e. The third-order valence-corrected chi connectivity index (χ3v) is 6.06. The molecule has 0 unspecified atom stereocenters. The molecule has 4 rings (SSSR count). The molecule has 1 aromatic carbocycles. The summed E-state index contributed by atoms with van der Waals surface area (Å²) in [5, 5.41) is 0. The van der Waals surface area contributed by atoms with Gasteiger partial charge in [0.05, 0.1) is 7.11 Å². The summed E-state index contributed by atoms with van der Waals surface area (Å²) in [4.78, 5) is 19.7. The Morgan fingerprint density at radius 3 is 2.67 bits per heavy atom. The summed E-state index contributed by atoms with van der Waals surface area (Å²) in [5.74, 6) is 2.98. The van der Waals surface area contributed by atoms with Crippen LogP contribution < -0.4 is 4.74 Å². The maximum atomic E-state index is 12.9. The molecular weight excluding hydrogens is 338 g/mol. The molecular formula is C22H29N3O2. The van der Waals surface area contributed by atoms with Gasteiger partial charge in [-0.3, -0.25) is 4.79 Å². The lowest BCUT2D eigenvalue weighted by Gasteiger charge is -2.26. The number of likely N-dealkylation sites (tertiary alicyclic amines) is 1. The Morgan fingerprint density at radius 1 is 1.22 bits per heavy atom. The summed E-state index contributed by atoms with van der Waals surface area (Å²) in [7, 11) is 1.68. The predicted octanol–water partition coefficient (Wildman–Crippen LogP) is 3.62. The number of ether oxygens (including phenoxy) is 1. The third kappa shape index (κ3) is 3.73. The van der Waals surface area contributed by atoms with E-state index in [0.717, 1.165) is 56.0 Å². The lowest BCUT2D eigenvalue weighted by atomic mass is 9.91. The van der Waals surface area contributed by atoms with E-state index in [1.807, 2.05) is 23.2 Å². The number of carbonyl (C=O) groups is 1. The van der Waals surface area contributed by atoms with E-state index >= 15 is 0 Å². The largest absolute Gasteiger partial charge is 0.497 e. The minimum atomic E-state index is 0.0404. The van der Waals surface area contributed by atoms with Crippen LogP contribution >= 0.6 is 0 Å². The van der Waals surface area contributed by atoms with E-state index in [0.29, 0.717) is 12.3 Å². The molecule has 2 aliphatic heterocycles. The highest BCUT2D eigenvalue weighted by molar-refractivity contribution is 5.78. The average molecular weight is 367 g/mol. The predicted molar refractivity (Wildman–Crippen MR) is 105 cm³/mol. The van der Waals surface area contributed by atoms with Crippen LogP contribution in [0.4, 0.5) is 0 Å². The highest BCUT2D eigenvalue weighted by Gasteiger charge is 2.28. The second-order valence-electron chi connectivity index (χ2n) is 7.97. The molecule has 1 fully saturated rings. The van der Waals surface area contributed by atoms with Crippen molar-refractivity contribution in [1.82, 2.24) is 14.5 Å². The first-order chi connectivity index (χ1) is 13.2. The summed E-state index contributed by atoms with van der Waals surface area (Å²) in [6.07, 6.45) is 6.95. The number of aromatic nitrogens is 2. The molecule has 5 nitrogen and oxygen atoms in total. The molecule has 2 atom stereocenters. The number of benzene rings is 1. The van der Waals surface area contributed by atoms with Gasteiger partial charge in [0.15, 0.2) is 0 Å². The van der Waals surface area contributed by atoms with Crippen LogP contribution in [0.25, 0.3) is 0 Å². The zero-order valence-corrected chi connectivity index (χ0v) is 16.4. The number of amides is 1. The van der Waals surface area contributed by atoms with E-state index in [4.69, 9.17) is 9.72 Å². The summed E-state index contributed by atoms with van der Waals surface area (Å²) in [6.45, 7) is 5.08. The van der Waals surface area contributed by atoms with E-state index in [2.05, 4.69) is 23.6 Å². The fourth-order valence-corrected chi connectivity index (χ4v) is 4.39. The molecule has 27 heavy (non-hydrogen) atoms. The quantitative estimate of drug-likeness (QED) is 0.811. The maximum absolute atomic E-state index is 12.9. The topological polar surface area (TPSA) is 47.4 Å². The minimum Gasteiger partial charge on any atom is -0.497 e. The van der Waals surface area contributed by atoms with Gasteiger partial charge < -0.3 is 14.2 Å². The summed E-state index contributed by atoms with van der Waals surface area (Å²) in [5.41, 5.74) is 2.33. The van der Waals surface area contributed by atoms with Crippen molar-refractivity contribution >= 4 is 5.91 Å². The molecule has 0 radical (unpaired) electrons. The van der Waals surface area contributed by atoms with Crippen molar-refractivity contribution in [2.45, 2.75) is 51.5 Å². The van der Waals surface area contributed by atoms with Crippen LogP contribution in [-0.2, 0) is 17.8 Å². The maximum Gasteiger partial charge on any atom is 0.223 e. The molecule has 2 aromatic rings. The molecule has 0 aliphatic carbocycles. The first-order valence-electron chi connectivity index (χ1n) is 10.1. The number of methoxy groups -OCH3 is 1. The number of imidazole rings is 1. The molecule has 0 spiro atoms. The van der Waals surface area contributed by atoms with Gasteiger partial charge in [-0.25, -0.2) is 4.98 Å². The lowest BCUT2D eigenvalue weighted by molar-refractivity contribution is -0.130. The van der Waals surface area contributed by atoms with Crippen molar-refractivity contribution in [3.05, 3.63) is 47.5 Å². The van der Waals surface area contributed by atoms with Crippen molar-refractivity contribution in [1.29, 1.82) is 0 Å². The normalized spacial score (nSPS) is 20.4.